The molecule has 13 nitrogen and oxygen atoms in total. The van der Waals surface area contributed by atoms with Gasteiger partial charge >= 0.3 is 11.7 Å². The molecule has 216 valence electrons. The number of benzene rings is 1. The van der Waals surface area contributed by atoms with Crippen LogP contribution in [0.3, 0.4) is 0 Å². The molecule has 1 aliphatic carbocycles. The maximum absolute atomic E-state index is 14.1. The second-order valence-corrected chi connectivity index (χ2v) is 12.5. The van der Waals surface area contributed by atoms with E-state index in [0.717, 1.165) is 23.8 Å². The van der Waals surface area contributed by atoms with Gasteiger partial charge in [-0.05, 0) is 31.9 Å². The van der Waals surface area contributed by atoms with Crippen LogP contribution in [0.1, 0.15) is 67.9 Å². The molecule has 16 heteroatoms. The quantitative estimate of drug-likeness (QED) is 0.211. The molecule has 1 aliphatic rings. The molecule has 1 aromatic carbocycles. The molecule has 0 N–H and O–H groups in total. The Kier molecular flexibility index (Phi) is 7.20. The molecule has 3 heterocycles. The van der Waals surface area contributed by atoms with E-state index in [-0.39, 0.29) is 61.6 Å². The molecular weight excluding hydrogens is 599 g/mol. The zero-order valence-electron chi connectivity index (χ0n) is 22.6. The predicted octanol–water partition coefficient (Wildman–Crippen LogP) is 3.01. The van der Waals surface area contributed by atoms with Gasteiger partial charge in [0, 0.05) is 44.3 Å². The van der Waals surface area contributed by atoms with Gasteiger partial charge in [0.15, 0.2) is 9.84 Å². The summed E-state index contributed by atoms with van der Waals surface area (Å²) in [5, 5.41) is 12.4. The van der Waals surface area contributed by atoms with Crippen LogP contribution in [0.25, 0.3) is 0 Å². The van der Waals surface area contributed by atoms with Crippen LogP contribution in [0.4, 0.5) is 0 Å². The summed E-state index contributed by atoms with van der Waals surface area (Å²) in [6, 6.07) is 2.51. The highest BCUT2D eigenvalue weighted by molar-refractivity contribution is 7.90. The Morgan fingerprint density at radius 1 is 1.07 bits per heavy atom. The summed E-state index contributed by atoms with van der Waals surface area (Å²) in [4.78, 5) is 39.3. The summed E-state index contributed by atoms with van der Waals surface area (Å²) >= 11 is 13.0. The van der Waals surface area contributed by atoms with Crippen molar-refractivity contribution in [3.8, 4) is 5.88 Å². The first kappa shape index (κ1) is 28.8. The fourth-order valence-corrected chi connectivity index (χ4v) is 6.12. The number of hydrogen-bond donors (Lipinski definition) is 0. The summed E-state index contributed by atoms with van der Waals surface area (Å²) in [6.45, 7) is 2.68. The van der Waals surface area contributed by atoms with Crippen molar-refractivity contribution in [1.82, 2.24) is 29.3 Å². The molecule has 1 fully saturated rings. The Morgan fingerprint density at radius 2 is 1.76 bits per heavy atom. The molecule has 0 bridgehead atoms. The van der Waals surface area contributed by atoms with E-state index < -0.39 is 27.3 Å². The average Bonchev–Trinajstić information content (AvgIpc) is 3.54. The van der Waals surface area contributed by atoms with Crippen molar-refractivity contribution >= 4 is 44.8 Å². The highest BCUT2D eigenvalue weighted by Crippen LogP contribution is 2.44. The maximum atomic E-state index is 14.1. The SMILES string of the molecule is Cc1nn(Cc2c(S(C)(=O)=O)ccc(C(=O)c3c(C4CC4)nn(C)c3OC(=O)c3c(C)nn(C)c3Cl)c2Cl)c(=O)o1. The van der Waals surface area contributed by atoms with E-state index in [2.05, 4.69) is 15.3 Å². The number of halogens is 2. The molecule has 0 saturated heterocycles. The van der Waals surface area contributed by atoms with Crippen molar-refractivity contribution in [3.05, 3.63) is 72.4 Å². The van der Waals surface area contributed by atoms with E-state index in [1.54, 1.807) is 14.0 Å². The first-order valence-electron chi connectivity index (χ1n) is 12.3. The van der Waals surface area contributed by atoms with Crippen molar-refractivity contribution < 1.29 is 27.2 Å². The lowest BCUT2D eigenvalue weighted by Gasteiger charge is -2.14. The third kappa shape index (κ3) is 5.22. The van der Waals surface area contributed by atoms with E-state index in [0.29, 0.717) is 11.4 Å². The van der Waals surface area contributed by atoms with Gasteiger partial charge in [-0.2, -0.15) is 14.9 Å². The van der Waals surface area contributed by atoms with Gasteiger partial charge in [0.25, 0.3) is 0 Å². The second-order valence-electron chi connectivity index (χ2n) is 9.78. The van der Waals surface area contributed by atoms with Gasteiger partial charge in [-0.1, -0.05) is 23.2 Å². The number of esters is 1. The van der Waals surface area contributed by atoms with E-state index >= 15 is 0 Å². The third-order valence-electron chi connectivity index (χ3n) is 6.62. The number of carbonyl (C=O) groups is 2. The Hall–Kier alpha value is -3.75. The molecule has 5 rings (SSSR count). The lowest BCUT2D eigenvalue weighted by atomic mass is 9.99. The fourth-order valence-electron chi connectivity index (χ4n) is 4.57. The maximum Gasteiger partial charge on any atom is 0.437 e. The summed E-state index contributed by atoms with van der Waals surface area (Å²) in [7, 11) is -0.730. The lowest BCUT2D eigenvalue weighted by molar-refractivity contribution is 0.0717. The largest absolute Gasteiger partial charge is 0.437 e. The number of sulfone groups is 1. The lowest BCUT2D eigenvalue weighted by Crippen LogP contribution is -2.20. The van der Waals surface area contributed by atoms with Crippen LogP contribution in [-0.2, 0) is 30.5 Å². The number of nitrogens with zero attached hydrogens (tertiary/aromatic N) is 6. The first-order chi connectivity index (χ1) is 19.2. The van der Waals surface area contributed by atoms with Crippen molar-refractivity contribution in [2.45, 2.75) is 44.0 Å². The minimum Gasteiger partial charge on any atom is -0.403 e. The first-order valence-corrected chi connectivity index (χ1v) is 14.9. The Labute approximate surface area is 243 Å². The van der Waals surface area contributed by atoms with Crippen LogP contribution in [-0.4, -0.2) is 55.8 Å². The standard InChI is InChI=1S/C25H24Cl2N6O7S/c1-11-17(22(27)31(3)28-11)24(35)40-23-18(20(13-6-7-13)30-32(23)4)21(34)14-8-9-16(41(5,37)38)15(19(14)26)10-33-25(36)39-12(2)29-33/h8-9,13H,6-7,10H2,1-5H3. The van der Waals surface area contributed by atoms with Gasteiger partial charge in [0.1, 0.15) is 16.3 Å². The Morgan fingerprint density at radius 3 is 2.29 bits per heavy atom. The number of aryl methyl sites for hydroxylation is 4. The smallest absolute Gasteiger partial charge is 0.403 e. The number of ether oxygens (including phenoxy) is 1. The molecule has 1 saturated carbocycles. The number of rotatable bonds is 8. The van der Waals surface area contributed by atoms with Gasteiger partial charge in [0.05, 0.1) is 27.9 Å². The van der Waals surface area contributed by atoms with Crippen LogP contribution in [0, 0.1) is 13.8 Å². The van der Waals surface area contributed by atoms with Crippen LogP contribution in [0.2, 0.25) is 10.2 Å². The van der Waals surface area contributed by atoms with E-state index in [9.17, 15) is 22.8 Å². The normalized spacial score (nSPS) is 13.5. The van der Waals surface area contributed by atoms with Crippen molar-refractivity contribution in [3.63, 3.8) is 0 Å². The van der Waals surface area contributed by atoms with Crippen LogP contribution in [0.5, 0.6) is 5.88 Å². The highest BCUT2D eigenvalue weighted by Gasteiger charge is 2.37. The fraction of sp³-hybridized carbons (Fsp3) is 0.360. The minimum atomic E-state index is -3.83. The van der Waals surface area contributed by atoms with Gasteiger partial charge in [-0.25, -0.2) is 22.7 Å². The van der Waals surface area contributed by atoms with Gasteiger partial charge in [-0.3, -0.25) is 9.48 Å². The molecule has 3 aromatic heterocycles. The zero-order valence-corrected chi connectivity index (χ0v) is 24.9. The summed E-state index contributed by atoms with van der Waals surface area (Å²) in [5.74, 6) is -2.40. The molecular formula is C25H24Cl2N6O7S. The minimum absolute atomic E-state index is 0.00965. The predicted molar refractivity (Wildman–Crippen MR) is 146 cm³/mol. The number of hydrogen-bond acceptors (Lipinski definition) is 10. The third-order valence-corrected chi connectivity index (χ3v) is 8.66. The summed E-state index contributed by atoms with van der Waals surface area (Å²) in [5.41, 5.74) is 0.696. The van der Waals surface area contributed by atoms with Gasteiger partial charge in [0.2, 0.25) is 17.6 Å². The highest BCUT2D eigenvalue weighted by atomic mass is 35.5. The van der Waals surface area contributed by atoms with Crippen molar-refractivity contribution in [2.75, 3.05) is 6.26 Å². The molecule has 0 radical (unpaired) electrons. The van der Waals surface area contributed by atoms with E-state index in [4.69, 9.17) is 32.4 Å². The van der Waals surface area contributed by atoms with Crippen LogP contribution < -0.4 is 10.5 Å². The van der Waals surface area contributed by atoms with Crippen LogP contribution >= 0.6 is 23.2 Å². The molecule has 41 heavy (non-hydrogen) atoms. The Bertz CT molecular complexity index is 1910. The topological polar surface area (TPSA) is 161 Å². The van der Waals surface area contributed by atoms with E-state index in [1.807, 2.05) is 0 Å². The molecule has 4 aromatic rings. The number of carbonyl (C=O) groups excluding carboxylic acids is 2. The van der Waals surface area contributed by atoms with Crippen molar-refractivity contribution in [1.29, 1.82) is 0 Å². The van der Waals surface area contributed by atoms with E-state index in [1.165, 1.54) is 35.5 Å². The molecule has 0 aliphatic heterocycles. The van der Waals surface area contributed by atoms with Gasteiger partial charge in [-0.15, -0.1) is 5.10 Å². The summed E-state index contributed by atoms with van der Waals surface area (Å²) in [6.07, 6.45) is 2.53. The molecule has 0 amide bonds. The Balaban J connectivity index is 1.63. The molecule has 0 unspecified atom stereocenters. The van der Waals surface area contributed by atoms with Gasteiger partial charge < -0.3 is 9.15 Å². The zero-order chi connectivity index (χ0) is 30.0. The summed E-state index contributed by atoms with van der Waals surface area (Å²) < 4.78 is 39.3. The van der Waals surface area contributed by atoms with Crippen LogP contribution in [0.15, 0.2) is 26.2 Å². The number of aromatic nitrogens is 6. The monoisotopic (exact) mass is 622 g/mol. The number of ketones is 1. The van der Waals surface area contributed by atoms with Crippen molar-refractivity contribution in [2.24, 2.45) is 14.1 Å². The second kappa shape index (κ2) is 10.3. The average molecular weight is 623 g/mol. The molecule has 0 atom stereocenters. The molecule has 0 spiro atoms.